The predicted octanol–water partition coefficient (Wildman–Crippen LogP) is 1.50. The minimum atomic E-state index is -0.873. The van der Waals surface area contributed by atoms with E-state index in [1.807, 2.05) is 34.6 Å². The van der Waals surface area contributed by atoms with Gasteiger partial charge in [0.1, 0.15) is 0 Å². The van der Waals surface area contributed by atoms with Crippen molar-refractivity contribution in [1.82, 2.24) is 5.32 Å². The topological polar surface area (TPSA) is 66.4 Å². The molecular formula is C12H21NO3. The molecule has 1 aliphatic carbocycles. The van der Waals surface area contributed by atoms with Crippen LogP contribution in [0.4, 0.5) is 0 Å². The number of rotatable bonds is 4. The number of hydrogen-bond acceptors (Lipinski definition) is 2. The molecule has 0 aromatic rings. The first-order valence-electron chi connectivity index (χ1n) is 5.72. The molecule has 0 radical (unpaired) electrons. The van der Waals surface area contributed by atoms with Gasteiger partial charge in [-0.2, -0.15) is 0 Å². The van der Waals surface area contributed by atoms with Crippen LogP contribution in [0.3, 0.4) is 0 Å². The Morgan fingerprint density at radius 1 is 1.19 bits per heavy atom. The molecule has 1 unspecified atom stereocenters. The summed E-state index contributed by atoms with van der Waals surface area (Å²) in [4.78, 5) is 22.8. The molecule has 4 heteroatoms. The van der Waals surface area contributed by atoms with Crippen molar-refractivity contribution >= 4 is 11.9 Å². The van der Waals surface area contributed by atoms with E-state index in [1.54, 1.807) is 0 Å². The van der Waals surface area contributed by atoms with Crippen LogP contribution in [0.25, 0.3) is 0 Å². The Morgan fingerprint density at radius 2 is 1.69 bits per heavy atom. The normalized spacial score (nSPS) is 28.6. The molecule has 1 fully saturated rings. The van der Waals surface area contributed by atoms with Crippen LogP contribution in [-0.4, -0.2) is 23.0 Å². The third kappa shape index (κ3) is 2.20. The summed E-state index contributed by atoms with van der Waals surface area (Å²) in [5.74, 6) is -1.56. The van der Waals surface area contributed by atoms with Crippen molar-refractivity contribution in [2.45, 2.75) is 40.7 Å². The van der Waals surface area contributed by atoms with Crippen molar-refractivity contribution in [2.75, 3.05) is 0 Å². The lowest BCUT2D eigenvalue weighted by molar-refractivity contribution is -0.140. The van der Waals surface area contributed by atoms with Gasteiger partial charge in [-0.3, -0.25) is 9.59 Å². The number of nitrogens with one attached hydrogen (secondary N) is 1. The first kappa shape index (κ1) is 13.0. The van der Waals surface area contributed by atoms with Crippen LogP contribution < -0.4 is 5.32 Å². The van der Waals surface area contributed by atoms with Gasteiger partial charge < -0.3 is 10.4 Å². The van der Waals surface area contributed by atoms with Gasteiger partial charge in [0.25, 0.3) is 0 Å². The summed E-state index contributed by atoms with van der Waals surface area (Å²) in [6, 6.07) is 0.0818. The number of amides is 1. The molecule has 0 aromatic heterocycles. The van der Waals surface area contributed by atoms with Gasteiger partial charge in [0, 0.05) is 6.04 Å². The van der Waals surface area contributed by atoms with E-state index in [2.05, 4.69) is 5.32 Å². The summed E-state index contributed by atoms with van der Waals surface area (Å²) >= 11 is 0. The Labute approximate surface area is 96.4 Å². The van der Waals surface area contributed by atoms with Crippen LogP contribution in [0, 0.1) is 23.2 Å². The van der Waals surface area contributed by atoms with Gasteiger partial charge in [0.2, 0.25) is 5.91 Å². The first-order valence-corrected chi connectivity index (χ1v) is 5.72. The third-order valence-electron chi connectivity index (χ3n) is 3.75. The van der Waals surface area contributed by atoms with E-state index in [9.17, 15) is 9.59 Å². The standard InChI is InChI=1S/C12H21NO3/c1-6(2)7(3)13-10(14)8-9(11(15)16)12(8,4)5/h6-9H,1-5H3,(H,13,14)(H,15,16)/t7?,8-,9+/m1/s1. The maximum atomic E-state index is 11.9. The molecule has 0 heterocycles. The second-order valence-electron chi connectivity index (χ2n) is 5.66. The van der Waals surface area contributed by atoms with Gasteiger partial charge in [0.05, 0.1) is 11.8 Å². The minimum Gasteiger partial charge on any atom is -0.481 e. The van der Waals surface area contributed by atoms with Gasteiger partial charge in [-0.05, 0) is 18.3 Å². The molecule has 0 aliphatic heterocycles. The van der Waals surface area contributed by atoms with Crippen LogP contribution in [0.15, 0.2) is 0 Å². The number of carbonyl (C=O) groups excluding carboxylic acids is 1. The second kappa shape index (κ2) is 4.07. The summed E-state index contributed by atoms with van der Waals surface area (Å²) in [5, 5.41) is 11.9. The zero-order chi connectivity index (χ0) is 12.7. The van der Waals surface area contributed by atoms with Crippen molar-refractivity contribution in [2.24, 2.45) is 23.2 Å². The molecule has 1 saturated carbocycles. The summed E-state index contributed by atoms with van der Waals surface area (Å²) in [5.41, 5.74) is -0.410. The van der Waals surface area contributed by atoms with Gasteiger partial charge >= 0.3 is 5.97 Å². The predicted molar refractivity (Wildman–Crippen MR) is 60.8 cm³/mol. The summed E-state index contributed by atoms with van der Waals surface area (Å²) in [6.07, 6.45) is 0. The van der Waals surface area contributed by atoms with E-state index in [0.29, 0.717) is 5.92 Å². The van der Waals surface area contributed by atoms with Gasteiger partial charge in [0.15, 0.2) is 0 Å². The van der Waals surface area contributed by atoms with Crippen molar-refractivity contribution in [3.8, 4) is 0 Å². The summed E-state index contributed by atoms with van der Waals surface area (Å²) < 4.78 is 0. The largest absolute Gasteiger partial charge is 0.481 e. The fraction of sp³-hybridized carbons (Fsp3) is 0.833. The van der Waals surface area contributed by atoms with Gasteiger partial charge in [-0.25, -0.2) is 0 Å². The molecule has 16 heavy (non-hydrogen) atoms. The van der Waals surface area contributed by atoms with Crippen molar-refractivity contribution in [3.05, 3.63) is 0 Å². The average Bonchev–Trinajstić information content (AvgIpc) is 2.68. The monoisotopic (exact) mass is 227 g/mol. The van der Waals surface area contributed by atoms with Crippen molar-refractivity contribution in [3.63, 3.8) is 0 Å². The number of hydrogen-bond donors (Lipinski definition) is 2. The zero-order valence-electron chi connectivity index (χ0n) is 10.6. The molecule has 0 spiro atoms. The molecule has 3 atom stereocenters. The highest BCUT2D eigenvalue weighted by Crippen LogP contribution is 2.58. The molecule has 4 nitrogen and oxygen atoms in total. The quantitative estimate of drug-likeness (QED) is 0.765. The van der Waals surface area contributed by atoms with Crippen LogP contribution in [0.2, 0.25) is 0 Å². The minimum absolute atomic E-state index is 0.0818. The van der Waals surface area contributed by atoms with Crippen LogP contribution in [-0.2, 0) is 9.59 Å². The lowest BCUT2D eigenvalue weighted by atomic mass is 10.1. The SMILES string of the molecule is CC(C)C(C)NC(=O)[C@H]1[C@@H](C(=O)O)C1(C)C. The number of carbonyl (C=O) groups is 2. The van der Waals surface area contributed by atoms with Gasteiger partial charge in [-0.1, -0.05) is 27.7 Å². The Bertz CT molecular complexity index is 309. The fourth-order valence-electron chi connectivity index (χ4n) is 2.07. The Balaban J connectivity index is 2.61. The molecule has 1 amide bonds. The Kier molecular flexibility index (Phi) is 3.31. The Morgan fingerprint density at radius 3 is 2.00 bits per heavy atom. The summed E-state index contributed by atoms with van der Waals surface area (Å²) in [7, 11) is 0. The van der Waals surface area contributed by atoms with Crippen molar-refractivity contribution < 1.29 is 14.7 Å². The molecule has 1 rings (SSSR count). The maximum absolute atomic E-state index is 11.9. The molecule has 92 valence electrons. The van der Waals surface area contributed by atoms with E-state index in [4.69, 9.17) is 5.11 Å². The van der Waals surface area contributed by atoms with E-state index >= 15 is 0 Å². The van der Waals surface area contributed by atoms with E-state index in [0.717, 1.165) is 0 Å². The number of carboxylic acids is 1. The molecule has 0 bridgehead atoms. The Hall–Kier alpha value is -1.06. The fourth-order valence-corrected chi connectivity index (χ4v) is 2.07. The third-order valence-corrected chi connectivity index (χ3v) is 3.75. The highest BCUT2D eigenvalue weighted by atomic mass is 16.4. The highest BCUT2D eigenvalue weighted by Gasteiger charge is 2.65. The first-order chi connectivity index (χ1) is 7.19. The maximum Gasteiger partial charge on any atom is 0.307 e. The number of carboxylic acid groups (broad SMARTS) is 1. The van der Waals surface area contributed by atoms with Crippen LogP contribution >= 0.6 is 0 Å². The molecule has 2 N–H and O–H groups in total. The van der Waals surface area contributed by atoms with Crippen molar-refractivity contribution in [1.29, 1.82) is 0 Å². The lowest BCUT2D eigenvalue weighted by Crippen LogP contribution is -2.38. The highest BCUT2D eigenvalue weighted by molar-refractivity contribution is 5.91. The van der Waals surface area contributed by atoms with E-state index < -0.39 is 17.3 Å². The number of aliphatic carboxylic acids is 1. The molecule has 0 aromatic carbocycles. The zero-order valence-corrected chi connectivity index (χ0v) is 10.6. The van der Waals surface area contributed by atoms with Crippen LogP contribution in [0.5, 0.6) is 0 Å². The van der Waals surface area contributed by atoms with E-state index in [-0.39, 0.29) is 17.9 Å². The van der Waals surface area contributed by atoms with E-state index in [1.165, 1.54) is 0 Å². The van der Waals surface area contributed by atoms with Crippen LogP contribution in [0.1, 0.15) is 34.6 Å². The smallest absolute Gasteiger partial charge is 0.307 e. The second-order valence-corrected chi connectivity index (χ2v) is 5.66. The molecular weight excluding hydrogens is 206 g/mol. The summed E-state index contributed by atoms with van der Waals surface area (Å²) in [6.45, 7) is 9.65. The average molecular weight is 227 g/mol. The van der Waals surface area contributed by atoms with Gasteiger partial charge in [-0.15, -0.1) is 0 Å². The lowest BCUT2D eigenvalue weighted by Gasteiger charge is -2.17. The molecule has 1 aliphatic rings. The molecule has 0 saturated heterocycles.